The number of piperidine rings is 1. The summed E-state index contributed by atoms with van der Waals surface area (Å²) in [5.41, 5.74) is 3.33. The molecule has 5 rings (SSSR count). The van der Waals surface area contributed by atoms with Crippen molar-refractivity contribution in [2.45, 2.75) is 19.4 Å². The van der Waals surface area contributed by atoms with Crippen molar-refractivity contribution in [3.8, 4) is 0 Å². The van der Waals surface area contributed by atoms with Gasteiger partial charge in [-0.2, -0.15) is 0 Å². The zero-order chi connectivity index (χ0) is 23.5. The van der Waals surface area contributed by atoms with E-state index in [0.29, 0.717) is 12.5 Å². The van der Waals surface area contributed by atoms with E-state index in [0.717, 1.165) is 79.4 Å². The summed E-state index contributed by atoms with van der Waals surface area (Å²) in [5, 5.41) is 5.38. The molecule has 1 amide bonds. The lowest BCUT2D eigenvalue weighted by Gasteiger charge is -2.38. The van der Waals surface area contributed by atoms with Crippen LogP contribution in [-0.2, 0) is 11.3 Å². The first-order valence-corrected chi connectivity index (χ1v) is 12.5. The molecule has 2 saturated heterocycles. The summed E-state index contributed by atoms with van der Waals surface area (Å²) in [6.07, 6.45) is 1.80. The van der Waals surface area contributed by atoms with E-state index in [1.165, 1.54) is 5.69 Å². The minimum absolute atomic E-state index is 0. The SMILES string of the molecule is CN1CCN(C(=O)C2CCN(c3cc(NCc4ccc(Cl)cc4)nc4ccccc34)CC2)CC1.Cl. The van der Waals surface area contributed by atoms with Crippen LogP contribution in [0.5, 0.6) is 0 Å². The zero-order valence-corrected chi connectivity index (χ0v) is 21.7. The molecule has 1 aromatic heterocycles. The summed E-state index contributed by atoms with van der Waals surface area (Å²) in [7, 11) is 2.12. The van der Waals surface area contributed by atoms with Gasteiger partial charge < -0.3 is 20.0 Å². The van der Waals surface area contributed by atoms with E-state index >= 15 is 0 Å². The Morgan fingerprint density at radius 2 is 1.69 bits per heavy atom. The monoisotopic (exact) mass is 513 g/mol. The molecule has 0 unspecified atom stereocenters. The number of amides is 1. The minimum atomic E-state index is 0. The summed E-state index contributed by atoms with van der Waals surface area (Å²) in [6.45, 7) is 6.10. The van der Waals surface area contributed by atoms with E-state index in [4.69, 9.17) is 16.6 Å². The molecule has 2 aliphatic heterocycles. The molecule has 6 nitrogen and oxygen atoms in total. The first-order valence-electron chi connectivity index (χ1n) is 12.2. The normalized spacial score (nSPS) is 17.3. The molecular formula is C27H33Cl2N5O. The minimum Gasteiger partial charge on any atom is -0.371 e. The van der Waals surface area contributed by atoms with Crippen molar-refractivity contribution < 1.29 is 4.79 Å². The van der Waals surface area contributed by atoms with E-state index in [1.807, 2.05) is 30.3 Å². The molecule has 3 aromatic rings. The Kier molecular flexibility index (Phi) is 8.37. The lowest BCUT2D eigenvalue weighted by Crippen LogP contribution is -2.50. The number of hydrogen-bond donors (Lipinski definition) is 1. The number of carbonyl (C=O) groups excluding carboxylic acids is 1. The lowest BCUT2D eigenvalue weighted by molar-refractivity contribution is -0.137. The fourth-order valence-corrected chi connectivity index (χ4v) is 5.08. The van der Waals surface area contributed by atoms with Crippen LogP contribution in [-0.4, -0.2) is 67.0 Å². The third-order valence-corrected chi connectivity index (χ3v) is 7.33. The summed E-state index contributed by atoms with van der Waals surface area (Å²) < 4.78 is 0. The molecule has 8 heteroatoms. The van der Waals surface area contributed by atoms with E-state index in [-0.39, 0.29) is 18.3 Å². The average molecular weight is 515 g/mol. The van der Waals surface area contributed by atoms with Crippen molar-refractivity contribution in [3.63, 3.8) is 0 Å². The largest absolute Gasteiger partial charge is 0.371 e. The Balaban J connectivity index is 0.00000289. The predicted octanol–water partition coefficient (Wildman–Crippen LogP) is 4.91. The maximum Gasteiger partial charge on any atom is 0.225 e. The first-order chi connectivity index (χ1) is 16.6. The smallest absolute Gasteiger partial charge is 0.225 e. The molecule has 1 N–H and O–H groups in total. The topological polar surface area (TPSA) is 51.7 Å². The van der Waals surface area contributed by atoms with Gasteiger partial charge in [0.1, 0.15) is 5.82 Å². The number of rotatable bonds is 5. The van der Waals surface area contributed by atoms with E-state index in [9.17, 15) is 4.79 Å². The maximum atomic E-state index is 13.1. The number of likely N-dealkylation sites (N-methyl/N-ethyl adjacent to an activating group) is 1. The zero-order valence-electron chi connectivity index (χ0n) is 20.1. The molecule has 0 radical (unpaired) electrons. The molecule has 2 aliphatic rings. The van der Waals surface area contributed by atoms with Gasteiger partial charge in [-0.15, -0.1) is 12.4 Å². The quantitative estimate of drug-likeness (QED) is 0.525. The van der Waals surface area contributed by atoms with Crippen LogP contribution < -0.4 is 10.2 Å². The van der Waals surface area contributed by atoms with Crippen LogP contribution in [0.4, 0.5) is 11.5 Å². The van der Waals surface area contributed by atoms with Gasteiger partial charge in [-0.05, 0) is 43.7 Å². The summed E-state index contributed by atoms with van der Waals surface area (Å²) in [5.74, 6) is 1.34. The van der Waals surface area contributed by atoms with Crippen molar-refractivity contribution in [1.29, 1.82) is 0 Å². The number of pyridine rings is 1. The van der Waals surface area contributed by atoms with Crippen LogP contribution in [0, 0.1) is 5.92 Å². The van der Waals surface area contributed by atoms with Crippen molar-refractivity contribution in [2.75, 3.05) is 56.5 Å². The summed E-state index contributed by atoms with van der Waals surface area (Å²) >= 11 is 6.02. The highest BCUT2D eigenvalue weighted by molar-refractivity contribution is 6.30. The number of fused-ring (bicyclic) bond motifs is 1. The second-order valence-corrected chi connectivity index (χ2v) is 9.85. The highest BCUT2D eigenvalue weighted by Gasteiger charge is 2.30. The number of hydrogen-bond acceptors (Lipinski definition) is 5. The van der Waals surface area contributed by atoms with Gasteiger partial charge in [-0.1, -0.05) is 41.9 Å². The fraction of sp³-hybridized carbons (Fsp3) is 0.407. The Morgan fingerprint density at radius 3 is 2.40 bits per heavy atom. The van der Waals surface area contributed by atoms with Gasteiger partial charge in [0, 0.05) is 73.9 Å². The molecule has 186 valence electrons. The average Bonchev–Trinajstić information content (AvgIpc) is 2.88. The maximum absolute atomic E-state index is 13.1. The predicted molar refractivity (Wildman–Crippen MR) is 147 cm³/mol. The lowest BCUT2D eigenvalue weighted by atomic mass is 9.94. The van der Waals surface area contributed by atoms with Crippen LogP contribution in [0.3, 0.4) is 0 Å². The van der Waals surface area contributed by atoms with Gasteiger partial charge in [0.2, 0.25) is 5.91 Å². The van der Waals surface area contributed by atoms with Crippen molar-refractivity contribution in [3.05, 3.63) is 65.2 Å². The van der Waals surface area contributed by atoms with Gasteiger partial charge in [0.25, 0.3) is 0 Å². The molecule has 0 spiro atoms. The van der Waals surface area contributed by atoms with E-state index < -0.39 is 0 Å². The second-order valence-electron chi connectivity index (χ2n) is 9.41. The van der Waals surface area contributed by atoms with E-state index in [1.54, 1.807) is 0 Å². The fourth-order valence-electron chi connectivity index (χ4n) is 4.96. The van der Waals surface area contributed by atoms with Crippen molar-refractivity contribution in [2.24, 2.45) is 5.92 Å². The van der Waals surface area contributed by atoms with Crippen LogP contribution in [0.2, 0.25) is 5.02 Å². The number of nitrogens with zero attached hydrogens (tertiary/aromatic N) is 4. The molecule has 0 bridgehead atoms. The Morgan fingerprint density at radius 1 is 1.00 bits per heavy atom. The number of carbonyl (C=O) groups is 1. The number of para-hydroxylation sites is 1. The van der Waals surface area contributed by atoms with Gasteiger partial charge in [0.15, 0.2) is 0 Å². The second kappa shape index (κ2) is 11.5. The molecule has 0 aliphatic carbocycles. The van der Waals surface area contributed by atoms with Crippen LogP contribution >= 0.6 is 24.0 Å². The van der Waals surface area contributed by atoms with Crippen LogP contribution in [0.1, 0.15) is 18.4 Å². The molecule has 2 aromatic carbocycles. The number of aromatic nitrogens is 1. The third kappa shape index (κ3) is 6.00. The molecule has 0 atom stereocenters. The van der Waals surface area contributed by atoms with Gasteiger partial charge in [-0.25, -0.2) is 4.98 Å². The van der Waals surface area contributed by atoms with Crippen molar-refractivity contribution in [1.82, 2.24) is 14.8 Å². The molecule has 2 fully saturated rings. The van der Waals surface area contributed by atoms with Crippen LogP contribution in [0.15, 0.2) is 54.6 Å². The summed E-state index contributed by atoms with van der Waals surface area (Å²) in [4.78, 5) is 24.7. The number of piperazine rings is 1. The van der Waals surface area contributed by atoms with E-state index in [2.05, 4.69) is 51.3 Å². The molecular weight excluding hydrogens is 481 g/mol. The highest BCUT2D eigenvalue weighted by Crippen LogP contribution is 2.32. The number of nitrogens with one attached hydrogen (secondary N) is 1. The first kappa shape index (κ1) is 25.5. The standard InChI is InChI=1S/C27H32ClN5O.ClH/c1-31-14-16-33(17-15-31)27(34)21-10-12-32(13-11-21)25-18-26(30-24-5-3-2-4-23(24)25)29-19-20-6-8-22(28)9-7-20;/h2-9,18,21H,10-17,19H2,1H3,(H,29,30);1H. The van der Waals surface area contributed by atoms with Gasteiger partial charge in [0.05, 0.1) is 5.52 Å². The Bertz CT molecular complexity index is 1140. The Hall–Kier alpha value is -2.54. The number of halogens is 2. The highest BCUT2D eigenvalue weighted by atomic mass is 35.5. The molecule has 0 saturated carbocycles. The van der Waals surface area contributed by atoms with Crippen LogP contribution in [0.25, 0.3) is 10.9 Å². The van der Waals surface area contributed by atoms with Gasteiger partial charge in [-0.3, -0.25) is 4.79 Å². The Labute approximate surface area is 218 Å². The number of anilines is 2. The van der Waals surface area contributed by atoms with Crippen molar-refractivity contribution >= 4 is 52.3 Å². The van der Waals surface area contributed by atoms with Gasteiger partial charge >= 0.3 is 0 Å². The summed E-state index contributed by atoms with van der Waals surface area (Å²) in [6, 6.07) is 18.3. The molecule has 3 heterocycles. The number of benzene rings is 2. The molecule has 35 heavy (non-hydrogen) atoms. The third-order valence-electron chi connectivity index (χ3n) is 7.08.